The second-order valence-corrected chi connectivity index (χ2v) is 3.83. The molecule has 0 saturated heterocycles. The Morgan fingerprint density at radius 1 is 1.50 bits per heavy atom. The molecular weight excluding hydrogens is 204 g/mol. The maximum Gasteiger partial charge on any atom is 0.142 e. The number of aldehydes is 1. The molecular formula is C13H14O3. The van der Waals surface area contributed by atoms with Crippen molar-refractivity contribution in [2.24, 2.45) is 0 Å². The SMILES string of the molecule is COc1cc2c(cc1/C=C/C=O)OC(C)C2. The van der Waals surface area contributed by atoms with E-state index in [-0.39, 0.29) is 6.10 Å². The van der Waals surface area contributed by atoms with Crippen LogP contribution in [0.5, 0.6) is 11.5 Å². The van der Waals surface area contributed by atoms with Crippen molar-refractivity contribution in [1.29, 1.82) is 0 Å². The Bertz CT molecular complexity index is 435. The predicted molar refractivity (Wildman–Crippen MR) is 61.9 cm³/mol. The Morgan fingerprint density at radius 2 is 2.31 bits per heavy atom. The molecule has 1 aromatic carbocycles. The van der Waals surface area contributed by atoms with E-state index in [1.807, 2.05) is 19.1 Å². The molecule has 0 radical (unpaired) electrons. The van der Waals surface area contributed by atoms with Gasteiger partial charge in [0.25, 0.3) is 0 Å². The lowest BCUT2D eigenvalue weighted by atomic mass is 10.1. The molecule has 16 heavy (non-hydrogen) atoms. The molecule has 1 heterocycles. The zero-order chi connectivity index (χ0) is 11.5. The summed E-state index contributed by atoms with van der Waals surface area (Å²) in [6, 6.07) is 3.89. The van der Waals surface area contributed by atoms with Gasteiger partial charge >= 0.3 is 0 Å². The quantitative estimate of drug-likeness (QED) is 0.576. The first-order valence-electron chi connectivity index (χ1n) is 5.24. The summed E-state index contributed by atoms with van der Waals surface area (Å²) >= 11 is 0. The first-order chi connectivity index (χ1) is 7.74. The van der Waals surface area contributed by atoms with E-state index < -0.39 is 0 Å². The molecule has 0 aliphatic carbocycles. The normalized spacial score (nSPS) is 18.2. The van der Waals surface area contributed by atoms with Crippen molar-refractivity contribution < 1.29 is 14.3 Å². The smallest absolute Gasteiger partial charge is 0.142 e. The lowest BCUT2D eigenvalue weighted by Crippen LogP contribution is -2.05. The second kappa shape index (κ2) is 4.39. The van der Waals surface area contributed by atoms with Gasteiger partial charge in [-0.15, -0.1) is 0 Å². The van der Waals surface area contributed by atoms with E-state index >= 15 is 0 Å². The molecule has 0 N–H and O–H groups in total. The monoisotopic (exact) mass is 218 g/mol. The minimum absolute atomic E-state index is 0.213. The summed E-state index contributed by atoms with van der Waals surface area (Å²) < 4.78 is 10.9. The highest BCUT2D eigenvalue weighted by Crippen LogP contribution is 2.35. The maximum atomic E-state index is 10.3. The number of methoxy groups -OCH3 is 1. The molecule has 84 valence electrons. The number of carbonyl (C=O) groups is 1. The van der Waals surface area contributed by atoms with E-state index in [2.05, 4.69) is 0 Å². The Balaban J connectivity index is 2.42. The van der Waals surface area contributed by atoms with Gasteiger partial charge in [-0.3, -0.25) is 4.79 Å². The fraction of sp³-hybridized carbons (Fsp3) is 0.308. The number of hydrogen-bond donors (Lipinski definition) is 0. The van der Waals surface area contributed by atoms with E-state index in [1.165, 1.54) is 6.08 Å². The van der Waals surface area contributed by atoms with E-state index in [4.69, 9.17) is 9.47 Å². The van der Waals surface area contributed by atoms with E-state index in [0.29, 0.717) is 0 Å². The van der Waals surface area contributed by atoms with Crippen molar-refractivity contribution in [2.75, 3.05) is 7.11 Å². The van der Waals surface area contributed by atoms with Crippen LogP contribution in [0, 0.1) is 0 Å². The van der Waals surface area contributed by atoms with Crippen LogP contribution in [0.3, 0.4) is 0 Å². The third-order valence-electron chi connectivity index (χ3n) is 2.60. The minimum atomic E-state index is 0.213. The van der Waals surface area contributed by atoms with Crippen LogP contribution in [0.25, 0.3) is 6.08 Å². The molecule has 3 nitrogen and oxygen atoms in total. The van der Waals surface area contributed by atoms with Crippen molar-refractivity contribution in [1.82, 2.24) is 0 Å². The summed E-state index contributed by atoms with van der Waals surface area (Å²) in [5.41, 5.74) is 2.02. The van der Waals surface area contributed by atoms with Gasteiger partial charge in [0.15, 0.2) is 0 Å². The van der Waals surface area contributed by atoms with Crippen molar-refractivity contribution in [3.63, 3.8) is 0 Å². The van der Waals surface area contributed by atoms with Gasteiger partial charge in [-0.1, -0.05) is 0 Å². The Morgan fingerprint density at radius 3 is 3.00 bits per heavy atom. The highest BCUT2D eigenvalue weighted by Gasteiger charge is 2.20. The first kappa shape index (κ1) is 10.7. The fourth-order valence-electron chi connectivity index (χ4n) is 1.91. The van der Waals surface area contributed by atoms with E-state index in [9.17, 15) is 4.79 Å². The molecule has 0 bridgehead atoms. The minimum Gasteiger partial charge on any atom is -0.496 e. The van der Waals surface area contributed by atoms with Gasteiger partial charge in [-0.05, 0) is 31.2 Å². The molecule has 3 heteroatoms. The first-order valence-corrected chi connectivity index (χ1v) is 5.24. The molecule has 0 aromatic heterocycles. The third-order valence-corrected chi connectivity index (χ3v) is 2.60. The summed E-state index contributed by atoms with van der Waals surface area (Å²) in [4.78, 5) is 10.3. The standard InChI is InChI=1S/C13H14O3/c1-9-6-11-8-12(15-2)10(4-3-5-14)7-13(11)16-9/h3-5,7-9H,6H2,1-2H3/b4-3+. The zero-order valence-corrected chi connectivity index (χ0v) is 9.40. The van der Waals surface area contributed by atoms with Crippen LogP contribution in [0.4, 0.5) is 0 Å². The van der Waals surface area contributed by atoms with Crippen LogP contribution in [-0.4, -0.2) is 19.5 Å². The summed E-state index contributed by atoms with van der Waals surface area (Å²) in [7, 11) is 1.62. The lowest BCUT2D eigenvalue weighted by Gasteiger charge is -2.07. The summed E-state index contributed by atoms with van der Waals surface area (Å²) in [6.07, 6.45) is 5.03. The number of benzene rings is 1. The molecule has 1 aromatic rings. The van der Waals surface area contributed by atoms with Gasteiger partial charge in [0.1, 0.15) is 23.9 Å². The molecule has 0 amide bonds. The Labute approximate surface area is 94.7 Å². The largest absolute Gasteiger partial charge is 0.496 e. The number of carbonyl (C=O) groups excluding carboxylic acids is 1. The van der Waals surface area contributed by atoms with Crippen LogP contribution in [0.15, 0.2) is 18.2 Å². The Kier molecular flexibility index (Phi) is 2.95. The third kappa shape index (κ3) is 1.94. The van der Waals surface area contributed by atoms with Gasteiger partial charge < -0.3 is 9.47 Å². The molecule has 0 saturated carbocycles. The summed E-state index contributed by atoms with van der Waals surface area (Å²) in [5.74, 6) is 1.66. The molecule has 2 rings (SSSR count). The van der Waals surface area contributed by atoms with Gasteiger partial charge in [0.2, 0.25) is 0 Å². The summed E-state index contributed by atoms with van der Waals surface area (Å²) in [5, 5.41) is 0. The zero-order valence-electron chi connectivity index (χ0n) is 9.40. The number of hydrogen-bond acceptors (Lipinski definition) is 3. The van der Waals surface area contributed by atoms with Gasteiger partial charge in [0.05, 0.1) is 7.11 Å². The van der Waals surface area contributed by atoms with Crippen molar-refractivity contribution in [3.05, 3.63) is 29.3 Å². The highest BCUT2D eigenvalue weighted by molar-refractivity contribution is 5.76. The van der Waals surface area contributed by atoms with E-state index in [0.717, 1.165) is 35.3 Å². The van der Waals surface area contributed by atoms with Crippen molar-refractivity contribution in [2.45, 2.75) is 19.4 Å². The molecule has 1 aliphatic rings. The van der Waals surface area contributed by atoms with Crippen LogP contribution in [-0.2, 0) is 11.2 Å². The molecule has 0 fully saturated rings. The number of rotatable bonds is 3. The molecule has 1 aliphatic heterocycles. The average molecular weight is 218 g/mol. The average Bonchev–Trinajstić information content (AvgIpc) is 2.63. The molecule has 0 spiro atoms. The number of ether oxygens (including phenoxy) is 2. The van der Waals surface area contributed by atoms with Crippen LogP contribution >= 0.6 is 0 Å². The van der Waals surface area contributed by atoms with Gasteiger partial charge in [-0.2, -0.15) is 0 Å². The second-order valence-electron chi connectivity index (χ2n) is 3.83. The van der Waals surface area contributed by atoms with Gasteiger partial charge in [0, 0.05) is 17.5 Å². The van der Waals surface area contributed by atoms with Gasteiger partial charge in [-0.25, -0.2) is 0 Å². The maximum absolute atomic E-state index is 10.3. The van der Waals surface area contributed by atoms with Crippen molar-refractivity contribution >= 4 is 12.4 Å². The fourth-order valence-corrected chi connectivity index (χ4v) is 1.91. The van der Waals surface area contributed by atoms with E-state index in [1.54, 1.807) is 13.2 Å². The van der Waals surface area contributed by atoms with Crippen LogP contribution in [0.2, 0.25) is 0 Å². The van der Waals surface area contributed by atoms with Crippen molar-refractivity contribution in [3.8, 4) is 11.5 Å². The van der Waals surface area contributed by atoms with Crippen LogP contribution < -0.4 is 9.47 Å². The summed E-state index contributed by atoms with van der Waals surface area (Å²) in [6.45, 7) is 2.04. The lowest BCUT2D eigenvalue weighted by molar-refractivity contribution is -0.104. The van der Waals surface area contributed by atoms with Crippen LogP contribution in [0.1, 0.15) is 18.1 Å². The number of fused-ring (bicyclic) bond motifs is 1. The number of allylic oxidation sites excluding steroid dienone is 1. The highest BCUT2D eigenvalue weighted by atomic mass is 16.5. The predicted octanol–water partition coefficient (Wildman–Crippen LogP) is 2.23. The topological polar surface area (TPSA) is 35.5 Å². The Hall–Kier alpha value is -1.77. The molecule has 1 unspecified atom stereocenters. The molecule has 1 atom stereocenters.